The van der Waals surface area contributed by atoms with Crippen molar-refractivity contribution in [2.75, 3.05) is 0 Å². The molecule has 1 saturated carbocycles. The van der Waals surface area contributed by atoms with E-state index in [1.54, 1.807) is 6.07 Å². The fraction of sp³-hybridized carbons (Fsp3) is 0.379. The van der Waals surface area contributed by atoms with Crippen LogP contribution in [0.1, 0.15) is 68.1 Å². The molecule has 0 N–H and O–H groups in total. The molecule has 3 aromatic rings. The van der Waals surface area contributed by atoms with Gasteiger partial charge in [-0.25, -0.2) is 4.39 Å². The molecule has 1 fully saturated rings. The van der Waals surface area contributed by atoms with Gasteiger partial charge in [-0.15, -0.1) is 0 Å². The van der Waals surface area contributed by atoms with E-state index in [1.165, 1.54) is 67.7 Å². The number of hydrogen-bond donors (Lipinski definition) is 0. The third-order valence-electron chi connectivity index (χ3n) is 6.88. The molecular weight excluding hydrogens is 403 g/mol. The predicted octanol–water partition coefficient (Wildman–Crippen LogP) is 9.01. The van der Waals surface area contributed by atoms with Crippen molar-refractivity contribution in [2.45, 2.75) is 64.2 Å². The van der Waals surface area contributed by atoms with Crippen LogP contribution in [0.15, 0.2) is 66.7 Å². The molecule has 0 aromatic heterocycles. The van der Waals surface area contributed by atoms with Crippen LogP contribution in [0.3, 0.4) is 0 Å². The first kappa shape index (κ1) is 22.1. The molecule has 1 aliphatic rings. The Morgan fingerprint density at radius 3 is 2.03 bits per heavy atom. The van der Waals surface area contributed by atoms with Crippen LogP contribution in [-0.2, 0) is 12.8 Å². The van der Waals surface area contributed by atoms with Crippen molar-refractivity contribution in [1.82, 2.24) is 0 Å². The third kappa shape index (κ3) is 5.77. The predicted molar refractivity (Wildman–Crippen MR) is 130 cm³/mol. The number of halogens is 2. The molecule has 4 rings (SSSR count). The lowest BCUT2D eigenvalue weighted by Crippen LogP contribution is -2.14. The van der Waals surface area contributed by atoms with E-state index < -0.39 is 0 Å². The summed E-state index contributed by atoms with van der Waals surface area (Å²) in [7, 11) is 0. The Labute approximate surface area is 191 Å². The summed E-state index contributed by atoms with van der Waals surface area (Å²) in [6.07, 6.45) is 10.1. The summed E-state index contributed by atoms with van der Waals surface area (Å²) < 4.78 is 13.7. The average Bonchev–Trinajstić information content (AvgIpc) is 2.81. The van der Waals surface area contributed by atoms with Crippen molar-refractivity contribution in [1.29, 1.82) is 0 Å². The highest BCUT2D eigenvalue weighted by Gasteiger charge is 2.22. The van der Waals surface area contributed by atoms with Crippen LogP contribution in [0.4, 0.5) is 4.39 Å². The normalized spacial score (nSPS) is 18.8. The van der Waals surface area contributed by atoms with Gasteiger partial charge in [0.2, 0.25) is 0 Å². The van der Waals surface area contributed by atoms with E-state index in [4.69, 9.17) is 11.6 Å². The molecule has 31 heavy (non-hydrogen) atoms. The summed E-state index contributed by atoms with van der Waals surface area (Å²) in [4.78, 5) is 0. The average molecular weight is 435 g/mol. The lowest BCUT2D eigenvalue weighted by molar-refractivity contribution is 0.310. The Morgan fingerprint density at radius 1 is 0.774 bits per heavy atom. The minimum absolute atomic E-state index is 0.170. The topological polar surface area (TPSA) is 0 Å². The van der Waals surface area contributed by atoms with E-state index in [-0.39, 0.29) is 10.8 Å². The van der Waals surface area contributed by atoms with E-state index in [0.29, 0.717) is 0 Å². The minimum Gasteiger partial charge on any atom is -0.205 e. The van der Waals surface area contributed by atoms with E-state index in [0.717, 1.165) is 29.4 Å². The highest BCUT2D eigenvalue weighted by molar-refractivity contribution is 6.30. The molecule has 162 valence electrons. The van der Waals surface area contributed by atoms with Gasteiger partial charge in [0.05, 0.1) is 5.02 Å². The SMILES string of the molecule is CCCc1ccc(C2CCC(CCc3ccc(-c4ccc(Cl)c(F)c4)cc3)CC2)cc1. The molecule has 0 bridgehead atoms. The largest absolute Gasteiger partial charge is 0.205 e. The van der Waals surface area contributed by atoms with Gasteiger partial charge in [-0.1, -0.05) is 79.5 Å². The Hall–Kier alpha value is -2.12. The smallest absolute Gasteiger partial charge is 0.142 e. The van der Waals surface area contributed by atoms with Gasteiger partial charge in [-0.2, -0.15) is 0 Å². The quantitative estimate of drug-likeness (QED) is 0.348. The zero-order chi connectivity index (χ0) is 21.6. The van der Waals surface area contributed by atoms with E-state index in [1.807, 2.05) is 6.07 Å². The standard InChI is InChI=1S/C29H32ClF/c1-2-3-21-6-12-24(13-7-21)25-14-8-22(9-15-25)4-5-23-10-16-26(17-11-23)27-18-19-28(30)29(31)20-27/h6-7,10-13,16-20,22,25H,2-5,8-9,14-15H2,1H3. The molecule has 0 unspecified atom stereocenters. The van der Waals surface area contributed by atoms with E-state index in [2.05, 4.69) is 55.5 Å². The van der Waals surface area contributed by atoms with Crippen molar-refractivity contribution in [3.63, 3.8) is 0 Å². The van der Waals surface area contributed by atoms with Gasteiger partial charge in [0.25, 0.3) is 0 Å². The van der Waals surface area contributed by atoms with Crippen LogP contribution in [0.5, 0.6) is 0 Å². The van der Waals surface area contributed by atoms with Gasteiger partial charge in [0.1, 0.15) is 5.82 Å². The van der Waals surface area contributed by atoms with Crippen molar-refractivity contribution in [3.8, 4) is 11.1 Å². The van der Waals surface area contributed by atoms with E-state index in [9.17, 15) is 4.39 Å². The van der Waals surface area contributed by atoms with Gasteiger partial charge < -0.3 is 0 Å². The first-order valence-electron chi connectivity index (χ1n) is 11.8. The lowest BCUT2D eigenvalue weighted by Gasteiger charge is -2.29. The van der Waals surface area contributed by atoms with Crippen LogP contribution in [0, 0.1) is 11.7 Å². The van der Waals surface area contributed by atoms with E-state index >= 15 is 0 Å². The van der Waals surface area contributed by atoms with Crippen LogP contribution >= 0.6 is 11.6 Å². The van der Waals surface area contributed by atoms with Gasteiger partial charge in [-0.05, 0) is 96.7 Å². The summed E-state index contributed by atoms with van der Waals surface area (Å²) in [6, 6.07) is 22.9. The highest BCUT2D eigenvalue weighted by atomic mass is 35.5. The Kier molecular flexibility index (Phi) is 7.45. The first-order chi connectivity index (χ1) is 15.1. The van der Waals surface area contributed by atoms with Gasteiger partial charge in [0, 0.05) is 0 Å². The zero-order valence-corrected chi connectivity index (χ0v) is 19.2. The highest BCUT2D eigenvalue weighted by Crippen LogP contribution is 2.37. The molecule has 2 heteroatoms. The summed E-state index contributed by atoms with van der Waals surface area (Å²) in [5, 5.41) is 0.170. The second kappa shape index (κ2) is 10.5. The van der Waals surface area contributed by atoms with Crippen molar-refractivity contribution in [2.24, 2.45) is 5.92 Å². The molecule has 0 atom stereocenters. The van der Waals surface area contributed by atoms with Gasteiger partial charge in [-0.3, -0.25) is 0 Å². The van der Waals surface area contributed by atoms with Crippen molar-refractivity contribution >= 4 is 11.6 Å². The fourth-order valence-electron chi connectivity index (χ4n) is 4.94. The second-order valence-corrected chi connectivity index (χ2v) is 9.48. The maximum atomic E-state index is 13.7. The Bertz CT molecular complexity index is 967. The van der Waals surface area contributed by atoms with Gasteiger partial charge in [0.15, 0.2) is 0 Å². The summed E-state index contributed by atoms with van der Waals surface area (Å²) in [5.41, 5.74) is 6.27. The van der Waals surface area contributed by atoms with Crippen LogP contribution in [-0.4, -0.2) is 0 Å². The second-order valence-electron chi connectivity index (χ2n) is 9.07. The number of benzene rings is 3. The monoisotopic (exact) mass is 434 g/mol. The lowest BCUT2D eigenvalue weighted by atomic mass is 9.77. The Balaban J connectivity index is 1.26. The summed E-state index contributed by atoms with van der Waals surface area (Å²) >= 11 is 5.79. The molecule has 3 aromatic carbocycles. The molecule has 0 amide bonds. The van der Waals surface area contributed by atoms with Crippen LogP contribution in [0.2, 0.25) is 5.02 Å². The first-order valence-corrected chi connectivity index (χ1v) is 12.1. The fourth-order valence-corrected chi connectivity index (χ4v) is 5.06. The third-order valence-corrected chi connectivity index (χ3v) is 7.19. The Morgan fingerprint density at radius 2 is 1.39 bits per heavy atom. The summed E-state index contributed by atoms with van der Waals surface area (Å²) in [5.74, 6) is 1.21. The number of rotatable bonds is 7. The van der Waals surface area contributed by atoms with Gasteiger partial charge >= 0.3 is 0 Å². The van der Waals surface area contributed by atoms with Crippen molar-refractivity contribution < 1.29 is 4.39 Å². The summed E-state index contributed by atoms with van der Waals surface area (Å²) in [6.45, 7) is 2.24. The molecule has 0 saturated heterocycles. The molecule has 0 spiro atoms. The maximum Gasteiger partial charge on any atom is 0.142 e. The van der Waals surface area contributed by atoms with Crippen molar-refractivity contribution in [3.05, 3.63) is 94.3 Å². The molecular formula is C29H32ClF. The zero-order valence-electron chi connectivity index (χ0n) is 18.4. The molecule has 0 aliphatic heterocycles. The minimum atomic E-state index is -0.365. The number of aryl methyl sites for hydroxylation is 2. The molecule has 0 radical (unpaired) electrons. The molecule has 0 heterocycles. The van der Waals surface area contributed by atoms with Crippen LogP contribution in [0.25, 0.3) is 11.1 Å². The number of hydrogen-bond acceptors (Lipinski definition) is 0. The maximum absolute atomic E-state index is 13.7. The molecule has 1 aliphatic carbocycles. The van der Waals surface area contributed by atoms with Crippen LogP contribution < -0.4 is 0 Å². The molecule has 0 nitrogen and oxygen atoms in total.